The van der Waals surface area contributed by atoms with Crippen LogP contribution in [0.3, 0.4) is 0 Å². The van der Waals surface area contributed by atoms with Gasteiger partial charge in [-0.3, -0.25) is 19.3 Å². The van der Waals surface area contributed by atoms with Gasteiger partial charge in [-0.2, -0.15) is 5.10 Å². The van der Waals surface area contributed by atoms with Gasteiger partial charge in [-0.1, -0.05) is 6.92 Å². The van der Waals surface area contributed by atoms with Gasteiger partial charge in [0.1, 0.15) is 5.69 Å². The predicted octanol–water partition coefficient (Wildman–Crippen LogP) is 2.30. The van der Waals surface area contributed by atoms with Gasteiger partial charge in [-0.15, -0.1) is 0 Å². The van der Waals surface area contributed by atoms with Crippen LogP contribution in [0.25, 0.3) is 0 Å². The zero-order valence-corrected chi connectivity index (χ0v) is 15.3. The van der Waals surface area contributed by atoms with Crippen LogP contribution in [0.5, 0.6) is 0 Å². The van der Waals surface area contributed by atoms with Gasteiger partial charge in [-0.05, 0) is 43.0 Å². The van der Waals surface area contributed by atoms with Crippen molar-refractivity contribution in [1.82, 2.24) is 25.0 Å². The summed E-state index contributed by atoms with van der Waals surface area (Å²) in [5, 5.41) is 7.16. The molecule has 1 aliphatic rings. The minimum absolute atomic E-state index is 0.0254. The van der Waals surface area contributed by atoms with Crippen LogP contribution in [-0.4, -0.2) is 38.0 Å². The number of aromatic nitrogens is 3. The van der Waals surface area contributed by atoms with Crippen LogP contribution < -0.4 is 5.32 Å². The molecule has 1 N–H and O–H groups in total. The summed E-state index contributed by atoms with van der Waals surface area (Å²) in [6, 6.07) is 5.74. The smallest absolute Gasteiger partial charge is 0.274 e. The molecule has 0 saturated carbocycles. The van der Waals surface area contributed by atoms with E-state index >= 15 is 0 Å². The first-order chi connectivity index (χ1) is 12.6. The molecule has 0 aromatic carbocycles. The van der Waals surface area contributed by atoms with Crippen LogP contribution in [0.2, 0.25) is 0 Å². The van der Waals surface area contributed by atoms with Crippen LogP contribution in [0.1, 0.15) is 60.9 Å². The van der Waals surface area contributed by atoms with Crippen LogP contribution >= 0.6 is 0 Å². The number of hydrogen-bond acceptors (Lipinski definition) is 4. The minimum Gasteiger partial charge on any atom is -0.351 e. The van der Waals surface area contributed by atoms with E-state index in [1.165, 1.54) is 6.92 Å². The van der Waals surface area contributed by atoms with E-state index in [-0.39, 0.29) is 17.9 Å². The highest BCUT2D eigenvalue weighted by Crippen LogP contribution is 2.33. The SMILES string of the molecule is CCCn1ccc(C(=O)N2CCCC2c2ccnc(CNC(C)=O)c2)n1. The zero-order valence-electron chi connectivity index (χ0n) is 15.3. The molecule has 1 saturated heterocycles. The topological polar surface area (TPSA) is 80.1 Å². The number of hydrogen-bond donors (Lipinski definition) is 1. The summed E-state index contributed by atoms with van der Waals surface area (Å²) in [5.74, 6) is -0.111. The Labute approximate surface area is 153 Å². The first-order valence-corrected chi connectivity index (χ1v) is 9.12. The number of pyridine rings is 1. The van der Waals surface area contributed by atoms with E-state index in [2.05, 4.69) is 22.3 Å². The van der Waals surface area contributed by atoms with Gasteiger partial charge in [0.15, 0.2) is 0 Å². The predicted molar refractivity (Wildman–Crippen MR) is 97.3 cm³/mol. The van der Waals surface area contributed by atoms with Gasteiger partial charge < -0.3 is 10.2 Å². The zero-order chi connectivity index (χ0) is 18.5. The monoisotopic (exact) mass is 355 g/mol. The average Bonchev–Trinajstić information content (AvgIpc) is 3.29. The van der Waals surface area contributed by atoms with E-state index in [9.17, 15) is 9.59 Å². The molecule has 0 spiro atoms. The van der Waals surface area contributed by atoms with Gasteiger partial charge >= 0.3 is 0 Å². The number of aryl methyl sites for hydroxylation is 1. The highest BCUT2D eigenvalue weighted by Gasteiger charge is 2.31. The Morgan fingerprint density at radius 1 is 1.35 bits per heavy atom. The number of carbonyl (C=O) groups excluding carboxylic acids is 2. The fraction of sp³-hybridized carbons (Fsp3) is 0.474. The Morgan fingerprint density at radius 3 is 2.96 bits per heavy atom. The maximum Gasteiger partial charge on any atom is 0.274 e. The summed E-state index contributed by atoms with van der Waals surface area (Å²) in [5.41, 5.74) is 2.35. The lowest BCUT2D eigenvalue weighted by atomic mass is 10.0. The molecule has 2 amide bonds. The van der Waals surface area contributed by atoms with Crippen molar-refractivity contribution in [1.29, 1.82) is 0 Å². The number of carbonyl (C=O) groups is 2. The van der Waals surface area contributed by atoms with Crippen molar-refractivity contribution in [3.05, 3.63) is 47.5 Å². The fourth-order valence-electron chi connectivity index (χ4n) is 3.35. The lowest BCUT2D eigenvalue weighted by Crippen LogP contribution is -2.31. The van der Waals surface area contributed by atoms with Crippen molar-refractivity contribution in [2.24, 2.45) is 0 Å². The van der Waals surface area contributed by atoms with Crippen LogP contribution in [0.4, 0.5) is 0 Å². The van der Waals surface area contributed by atoms with Crippen LogP contribution in [0, 0.1) is 0 Å². The molecule has 1 aliphatic heterocycles. The quantitative estimate of drug-likeness (QED) is 0.862. The number of amides is 2. The molecule has 3 rings (SSSR count). The maximum atomic E-state index is 12.9. The highest BCUT2D eigenvalue weighted by atomic mass is 16.2. The first kappa shape index (κ1) is 18.1. The summed E-state index contributed by atoms with van der Waals surface area (Å²) in [6.45, 7) is 5.51. The Bertz CT molecular complexity index is 786. The number of rotatable bonds is 6. The lowest BCUT2D eigenvalue weighted by molar-refractivity contribution is -0.119. The highest BCUT2D eigenvalue weighted by molar-refractivity contribution is 5.92. The maximum absolute atomic E-state index is 12.9. The standard InChI is InChI=1S/C19H25N5O2/c1-3-9-23-11-7-17(22-23)19(26)24-10-4-5-18(24)15-6-8-20-16(12-15)13-21-14(2)25/h6-8,11-12,18H,3-5,9-10,13H2,1-2H3,(H,21,25). The Hall–Kier alpha value is -2.70. The number of likely N-dealkylation sites (tertiary alicyclic amines) is 1. The van der Waals surface area contributed by atoms with Gasteiger partial charge in [0.25, 0.3) is 5.91 Å². The van der Waals surface area contributed by atoms with E-state index < -0.39 is 0 Å². The van der Waals surface area contributed by atoms with Crippen LogP contribution in [-0.2, 0) is 17.9 Å². The van der Waals surface area contributed by atoms with E-state index in [0.29, 0.717) is 12.2 Å². The van der Waals surface area contributed by atoms with Crippen molar-refractivity contribution in [2.75, 3.05) is 6.54 Å². The summed E-state index contributed by atoms with van der Waals surface area (Å²) in [7, 11) is 0. The molecule has 26 heavy (non-hydrogen) atoms. The van der Waals surface area contributed by atoms with E-state index in [1.807, 2.05) is 27.9 Å². The molecule has 1 unspecified atom stereocenters. The third-order valence-corrected chi connectivity index (χ3v) is 4.57. The van der Waals surface area contributed by atoms with Crippen molar-refractivity contribution in [3.8, 4) is 0 Å². The molecule has 0 bridgehead atoms. The lowest BCUT2D eigenvalue weighted by Gasteiger charge is -2.24. The molecule has 1 fully saturated rings. The molecule has 2 aromatic rings. The summed E-state index contributed by atoms with van der Waals surface area (Å²) in [4.78, 5) is 30.2. The summed E-state index contributed by atoms with van der Waals surface area (Å²) in [6.07, 6.45) is 6.47. The molecular formula is C19H25N5O2. The first-order valence-electron chi connectivity index (χ1n) is 9.12. The van der Waals surface area contributed by atoms with Gasteiger partial charge in [0.05, 0.1) is 18.3 Å². The number of nitrogens with zero attached hydrogens (tertiary/aromatic N) is 4. The normalized spacial score (nSPS) is 16.7. The van der Waals surface area contributed by atoms with Crippen molar-refractivity contribution in [2.45, 2.75) is 52.2 Å². The van der Waals surface area contributed by atoms with Gasteiger partial charge in [-0.25, -0.2) is 0 Å². The molecule has 7 nitrogen and oxygen atoms in total. The van der Waals surface area contributed by atoms with Gasteiger partial charge in [0, 0.05) is 32.4 Å². The molecular weight excluding hydrogens is 330 g/mol. The summed E-state index contributed by atoms with van der Waals surface area (Å²) < 4.78 is 1.82. The minimum atomic E-state index is -0.0856. The molecule has 2 aromatic heterocycles. The van der Waals surface area contributed by atoms with Crippen molar-refractivity contribution < 1.29 is 9.59 Å². The average molecular weight is 355 g/mol. The Balaban J connectivity index is 1.76. The largest absolute Gasteiger partial charge is 0.351 e. The second-order valence-corrected chi connectivity index (χ2v) is 6.61. The van der Waals surface area contributed by atoms with Crippen molar-refractivity contribution in [3.63, 3.8) is 0 Å². The van der Waals surface area contributed by atoms with Gasteiger partial charge in [0.2, 0.25) is 5.91 Å². The molecule has 7 heteroatoms. The number of nitrogens with one attached hydrogen (secondary N) is 1. The molecule has 3 heterocycles. The second kappa shape index (κ2) is 8.12. The second-order valence-electron chi connectivity index (χ2n) is 6.61. The molecule has 1 atom stereocenters. The third kappa shape index (κ3) is 4.09. The van der Waals surface area contributed by atoms with E-state index in [4.69, 9.17) is 0 Å². The fourth-order valence-corrected chi connectivity index (χ4v) is 3.35. The van der Waals surface area contributed by atoms with Crippen molar-refractivity contribution >= 4 is 11.8 Å². The summed E-state index contributed by atoms with van der Waals surface area (Å²) >= 11 is 0. The molecule has 0 aliphatic carbocycles. The molecule has 0 radical (unpaired) electrons. The van der Waals surface area contributed by atoms with E-state index in [1.54, 1.807) is 12.3 Å². The third-order valence-electron chi connectivity index (χ3n) is 4.57. The Kier molecular flexibility index (Phi) is 5.65. The van der Waals surface area contributed by atoms with E-state index in [0.717, 1.165) is 43.6 Å². The van der Waals surface area contributed by atoms with Crippen LogP contribution in [0.15, 0.2) is 30.6 Å². The Morgan fingerprint density at radius 2 is 2.19 bits per heavy atom. The molecule has 138 valence electrons.